The van der Waals surface area contributed by atoms with Gasteiger partial charge in [-0.2, -0.15) is 0 Å². The number of aromatic carboxylic acids is 1. The second-order valence-corrected chi connectivity index (χ2v) is 5.32. The summed E-state index contributed by atoms with van der Waals surface area (Å²) < 4.78 is 10.4. The van der Waals surface area contributed by atoms with Crippen molar-refractivity contribution in [2.75, 3.05) is 14.2 Å². The number of hydrogen-bond acceptors (Lipinski definition) is 4. The molecule has 0 heterocycles. The van der Waals surface area contributed by atoms with Crippen molar-refractivity contribution >= 4 is 17.7 Å². The van der Waals surface area contributed by atoms with Gasteiger partial charge in [-0.25, -0.2) is 4.79 Å². The van der Waals surface area contributed by atoms with E-state index in [2.05, 4.69) is 0 Å². The van der Waals surface area contributed by atoms with Crippen molar-refractivity contribution in [1.82, 2.24) is 0 Å². The molecule has 1 N–H and O–H groups in total. The number of thioether (sulfide) groups is 1. The lowest BCUT2D eigenvalue weighted by molar-refractivity contribution is 0.0692. The summed E-state index contributed by atoms with van der Waals surface area (Å²) in [7, 11) is 3.00. The average Bonchev–Trinajstić information content (AvgIpc) is 2.52. The molecule has 0 saturated heterocycles. The monoisotopic (exact) mass is 304 g/mol. The fourth-order valence-corrected chi connectivity index (χ4v) is 2.86. The Kier molecular flexibility index (Phi) is 5.11. The molecule has 0 aliphatic carbocycles. The molecule has 0 aromatic heterocycles. The zero-order valence-electron chi connectivity index (χ0n) is 11.8. The minimum atomic E-state index is -1.00. The van der Waals surface area contributed by atoms with Gasteiger partial charge in [-0.1, -0.05) is 18.2 Å². The molecule has 0 aliphatic heterocycles. The Morgan fingerprint density at radius 3 is 2.43 bits per heavy atom. The average molecular weight is 304 g/mol. The van der Waals surface area contributed by atoms with Crippen LogP contribution in [-0.4, -0.2) is 25.3 Å². The molecule has 0 aliphatic rings. The lowest BCUT2D eigenvalue weighted by Crippen LogP contribution is -2.05. The normalized spacial score (nSPS) is 10.2. The molecule has 0 saturated carbocycles. The molecule has 2 rings (SSSR count). The third-order valence-corrected chi connectivity index (χ3v) is 4.03. The highest BCUT2D eigenvalue weighted by Gasteiger charge is 2.18. The maximum absolute atomic E-state index is 11.5. The molecule has 0 fully saturated rings. The maximum Gasteiger partial charge on any atom is 0.339 e. The van der Waals surface area contributed by atoms with Crippen LogP contribution < -0.4 is 9.47 Å². The number of benzene rings is 2. The summed E-state index contributed by atoms with van der Waals surface area (Å²) in [6, 6.07) is 13.1. The van der Waals surface area contributed by atoms with Crippen molar-refractivity contribution in [1.29, 1.82) is 0 Å². The van der Waals surface area contributed by atoms with Crippen LogP contribution in [0.25, 0.3) is 0 Å². The molecule has 2 aromatic rings. The standard InChI is InChI=1S/C16H16O4S/c1-19-12-8-11(10-21-13-6-4-3-5-7-13)15(16(17)18)14(9-12)20-2/h3-9H,10H2,1-2H3,(H,17,18). The predicted molar refractivity (Wildman–Crippen MR) is 82.5 cm³/mol. The first-order chi connectivity index (χ1) is 10.2. The van der Waals surface area contributed by atoms with E-state index in [-0.39, 0.29) is 5.56 Å². The smallest absolute Gasteiger partial charge is 0.339 e. The Hall–Kier alpha value is -2.14. The first-order valence-corrected chi connectivity index (χ1v) is 7.30. The Labute approximate surface area is 127 Å². The minimum Gasteiger partial charge on any atom is -0.497 e. The molecule has 0 atom stereocenters. The molecular formula is C16H16O4S. The zero-order chi connectivity index (χ0) is 15.2. The largest absolute Gasteiger partial charge is 0.497 e. The third-order valence-electron chi connectivity index (χ3n) is 2.96. The highest BCUT2D eigenvalue weighted by molar-refractivity contribution is 7.98. The van der Waals surface area contributed by atoms with Crippen LogP contribution >= 0.6 is 11.8 Å². The predicted octanol–water partition coefficient (Wildman–Crippen LogP) is 3.69. The maximum atomic E-state index is 11.5. The van der Waals surface area contributed by atoms with Gasteiger partial charge in [0.25, 0.3) is 0 Å². The third kappa shape index (κ3) is 3.70. The van der Waals surface area contributed by atoms with Gasteiger partial charge in [0, 0.05) is 16.7 Å². The molecule has 0 radical (unpaired) electrons. The van der Waals surface area contributed by atoms with Crippen molar-refractivity contribution in [3.8, 4) is 11.5 Å². The Balaban J connectivity index is 2.34. The van der Waals surface area contributed by atoms with Crippen LogP contribution in [0.3, 0.4) is 0 Å². The van der Waals surface area contributed by atoms with Crippen molar-refractivity contribution in [2.45, 2.75) is 10.6 Å². The van der Waals surface area contributed by atoms with Gasteiger partial charge >= 0.3 is 5.97 Å². The van der Waals surface area contributed by atoms with E-state index in [0.29, 0.717) is 22.8 Å². The van der Waals surface area contributed by atoms with E-state index in [1.165, 1.54) is 7.11 Å². The molecule has 0 bridgehead atoms. The number of rotatable bonds is 6. The highest BCUT2D eigenvalue weighted by Crippen LogP contribution is 2.33. The summed E-state index contributed by atoms with van der Waals surface area (Å²) in [6.45, 7) is 0. The topological polar surface area (TPSA) is 55.8 Å². The molecule has 4 nitrogen and oxygen atoms in total. The second kappa shape index (κ2) is 7.04. The van der Waals surface area contributed by atoms with Crippen LogP contribution in [0.1, 0.15) is 15.9 Å². The number of hydrogen-bond donors (Lipinski definition) is 1. The van der Waals surface area contributed by atoms with Crippen molar-refractivity contribution in [3.05, 3.63) is 53.6 Å². The van der Waals surface area contributed by atoms with Gasteiger partial charge in [0.15, 0.2) is 0 Å². The Morgan fingerprint density at radius 1 is 1.14 bits per heavy atom. The van der Waals surface area contributed by atoms with Gasteiger partial charge in [-0.05, 0) is 23.8 Å². The van der Waals surface area contributed by atoms with Gasteiger partial charge in [0.2, 0.25) is 0 Å². The lowest BCUT2D eigenvalue weighted by Gasteiger charge is -2.13. The van der Waals surface area contributed by atoms with E-state index >= 15 is 0 Å². The molecule has 21 heavy (non-hydrogen) atoms. The first-order valence-electron chi connectivity index (χ1n) is 6.31. The van der Waals surface area contributed by atoms with Crippen LogP contribution in [0.2, 0.25) is 0 Å². The molecule has 0 spiro atoms. The van der Waals surface area contributed by atoms with Gasteiger partial charge in [0.05, 0.1) is 14.2 Å². The Bertz CT molecular complexity index is 626. The van der Waals surface area contributed by atoms with E-state index < -0.39 is 5.97 Å². The lowest BCUT2D eigenvalue weighted by atomic mass is 10.1. The van der Waals surface area contributed by atoms with Crippen molar-refractivity contribution < 1.29 is 19.4 Å². The van der Waals surface area contributed by atoms with Gasteiger partial charge in [0.1, 0.15) is 17.1 Å². The number of ether oxygens (including phenoxy) is 2. The molecular weight excluding hydrogens is 288 g/mol. The zero-order valence-corrected chi connectivity index (χ0v) is 12.6. The number of carbonyl (C=O) groups is 1. The second-order valence-electron chi connectivity index (χ2n) is 4.27. The Morgan fingerprint density at radius 2 is 1.86 bits per heavy atom. The highest BCUT2D eigenvalue weighted by atomic mass is 32.2. The van der Waals surface area contributed by atoms with Crippen molar-refractivity contribution in [3.63, 3.8) is 0 Å². The first kappa shape index (κ1) is 15.3. The number of methoxy groups -OCH3 is 2. The molecule has 0 unspecified atom stereocenters. The van der Waals surface area contributed by atoms with Crippen LogP contribution in [-0.2, 0) is 5.75 Å². The van der Waals surface area contributed by atoms with Gasteiger partial charge in [-0.3, -0.25) is 0 Å². The molecule has 2 aromatic carbocycles. The summed E-state index contributed by atoms with van der Waals surface area (Å²) in [5.41, 5.74) is 0.856. The van der Waals surface area contributed by atoms with E-state index in [0.717, 1.165) is 4.90 Å². The number of carboxylic acid groups (broad SMARTS) is 1. The fraction of sp³-hybridized carbons (Fsp3) is 0.188. The summed E-state index contributed by atoms with van der Waals surface area (Å²) >= 11 is 1.57. The SMILES string of the molecule is COc1cc(CSc2ccccc2)c(C(=O)O)c(OC)c1. The summed E-state index contributed by atoms with van der Waals surface area (Å²) in [5.74, 6) is 0.420. The summed E-state index contributed by atoms with van der Waals surface area (Å²) in [6.07, 6.45) is 0. The quantitative estimate of drug-likeness (QED) is 0.825. The van der Waals surface area contributed by atoms with Crippen LogP contribution in [0.4, 0.5) is 0 Å². The van der Waals surface area contributed by atoms with E-state index in [9.17, 15) is 9.90 Å². The van der Waals surface area contributed by atoms with Crippen LogP contribution in [0.15, 0.2) is 47.4 Å². The fourth-order valence-electron chi connectivity index (χ4n) is 1.96. The van der Waals surface area contributed by atoms with Gasteiger partial charge in [-0.15, -0.1) is 11.8 Å². The van der Waals surface area contributed by atoms with Crippen LogP contribution in [0.5, 0.6) is 11.5 Å². The summed E-state index contributed by atoms with van der Waals surface area (Å²) in [4.78, 5) is 12.6. The minimum absolute atomic E-state index is 0.182. The van der Waals surface area contributed by atoms with Gasteiger partial charge < -0.3 is 14.6 Å². The van der Waals surface area contributed by atoms with Crippen LogP contribution in [0, 0.1) is 0 Å². The number of carboxylic acids is 1. The van der Waals surface area contributed by atoms with Crippen molar-refractivity contribution in [2.24, 2.45) is 0 Å². The molecule has 110 valence electrons. The van der Waals surface area contributed by atoms with E-state index in [4.69, 9.17) is 9.47 Å². The van der Waals surface area contributed by atoms with E-state index in [1.54, 1.807) is 31.0 Å². The molecule has 0 amide bonds. The summed E-state index contributed by atoms with van der Waals surface area (Å²) in [5, 5.41) is 9.41. The molecule has 5 heteroatoms. The van der Waals surface area contributed by atoms with E-state index in [1.807, 2.05) is 30.3 Å².